The van der Waals surface area contributed by atoms with E-state index in [4.69, 9.17) is 33.4 Å². The number of aromatic carboxylic acids is 1. The summed E-state index contributed by atoms with van der Waals surface area (Å²) in [5.41, 5.74) is 3.23. The topological polar surface area (TPSA) is 57.5 Å². The van der Waals surface area contributed by atoms with Crippen LogP contribution in [0.5, 0.6) is 0 Å². The first-order valence-electron chi connectivity index (χ1n) is 6.23. The Bertz CT molecular complexity index is 528. The highest BCUT2D eigenvalue weighted by Gasteiger charge is 1.99. The molecule has 2 aromatic carbocycles. The highest BCUT2D eigenvalue weighted by Crippen LogP contribution is 2.07. The van der Waals surface area contributed by atoms with Gasteiger partial charge in [-0.25, -0.2) is 4.79 Å². The van der Waals surface area contributed by atoms with Gasteiger partial charge in [-0.1, -0.05) is 36.4 Å². The molecular formula is C16H16Cl2O3. The maximum Gasteiger partial charge on any atom is 0.335 e. The number of carboxylic acids is 1. The van der Waals surface area contributed by atoms with Gasteiger partial charge < -0.3 is 10.2 Å². The molecule has 0 heterocycles. The Morgan fingerprint density at radius 1 is 0.810 bits per heavy atom. The van der Waals surface area contributed by atoms with E-state index in [1.807, 2.05) is 24.3 Å². The molecule has 0 unspecified atom stereocenters. The van der Waals surface area contributed by atoms with Crippen molar-refractivity contribution in [1.82, 2.24) is 0 Å². The Morgan fingerprint density at radius 2 is 1.19 bits per heavy atom. The van der Waals surface area contributed by atoms with Gasteiger partial charge in [-0.2, -0.15) is 0 Å². The van der Waals surface area contributed by atoms with Crippen LogP contribution in [0.2, 0.25) is 0 Å². The quantitative estimate of drug-likeness (QED) is 0.833. The molecule has 2 N–H and O–H groups in total. The average Bonchev–Trinajstić information content (AvgIpc) is 2.55. The first kappa shape index (κ1) is 17.5. The maximum atomic E-state index is 10.4. The predicted octanol–water partition coefficient (Wildman–Crippen LogP) is 4.04. The molecule has 0 radical (unpaired) electrons. The fourth-order valence-corrected chi connectivity index (χ4v) is 1.83. The summed E-state index contributed by atoms with van der Waals surface area (Å²) in [6.45, 7) is 0.0998. The Hall–Kier alpha value is -1.55. The number of benzene rings is 2. The fraction of sp³-hybridized carbons (Fsp3) is 0.188. The third-order valence-electron chi connectivity index (χ3n) is 2.72. The van der Waals surface area contributed by atoms with Crippen LogP contribution in [0.1, 0.15) is 27.0 Å². The van der Waals surface area contributed by atoms with Crippen LogP contribution < -0.4 is 0 Å². The lowest BCUT2D eigenvalue weighted by molar-refractivity contribution is 0.0697. The highest BCUT2D eigenvalue weighted by molar-refractivity contribution is 6.17. The van der Waals surface area contributed by atoms with E-state index in [1.54, 1.807) is 24.3 Å². The number of halogens is 2. The minimum atomic E-state index is -0.911. The summed E-state index contributed by atoms with van der Waals surface area (Å²) < 4.78 is 0. The normalized spacial score (nSPS) is 9.67. The summed E-state index contributed by atoms with van der Waals surface area (Å²) in [5, 5.41) is 17.2. The van der Waals surface area contributed by atoms with Gasteiger partial charge in [0.05, 0.1) is 12.2 Å². The van der Waals surface area contributed by atoms with E-state index in [1.165, 1.54) is 0 Å². The molecular weight excluding hydrogens is 311 g/mol. The van der Waals surface area contributed by atoms with Crippen molar-refractivity contribution in [3.8, 4) is 0 Å². The van der Waals surface area contributed by atoms with Crippen molar-refractivity contribution < 1.29 is 15.0 Å². The van der Waals surface area contributed by atoms with Gasteiger partial charge >= 0.3 is 5.97 Å². The van der Waals surface area contributed by atoms with Crippen LogP contribution in [0.25, 0.3) is 0 Å². The van der Waals surface area contributed by atoms with Crippen LogP contribution in [0, 0.1) is 0 Å². The Balaban J connectivity index is 0.000000211. The summed E-state index contributed by atoms with van der Waals surface area (Å²) in [6.07, 6.45) is 0. The number of carbonyl (C=O) groups is 1. The van der Waals surface area contributed by atoms with Crippen molar-refractivity contribution in [1.29, 1.82) is 0 Å². The predicted molar refractivity (Wildman–Crippen MR) is 84.9 cm³/mol. The number of carboxylic acid groups (broad SMARTS) is 1. The van der Waals surface area contributed by atoms with Crippen molar-refractivity contribution in [2.24, 2.45) is 0 Å². The Labute approximate surface area is 133 Å². The molecule has 112 valence electrons. The molecule has 0 amide bonds. The van der Waals surface area contributed by atoms with Crippen LogP contribution in [0.15, 0.2) is 48.5 Å². The maximum absolute atomic E-state index is 10.4. The summed E-state index contributed by atoms with van der Waals surface area (Å²) in [7, 11) is 0. The van der Waals surface area contributed by atoms with E-state index in [2.05, 4.69) is 0 Å². The van der Waals surface area contributed by atoms with Gasteiger partial charge in [0.15, 0.2) is 0 Å². The van der Waals surface area contributed by atoms with Gasteiger partial charge in [-0.05, 0) is 28.8 Å². The Morgan fingerprint density at radius 3 is 1.52 bits per heavy atom. The van der Waals surface area contributed by atoms with E-state index < -0.39 is 5.97 Å². The van der Waals surface area contributed by atoms with Gasteiger partial charge in [0, 0.05) is 11.8 Å². The molecule has 0 aliphatic carbocycles. The lowest BCUT2D eigenvalue weighted by atomic mass is 10.1. The van der Waals surface area contributed by atoms with Crippen molar-refractivity contribution in [2.75, 3.05) is 0 Å². The van der Waals surface area contributed by atoms with Gasteiger partial charge in [-0.15, -0.1) is 23.2 Å². The molecule has 5 heteroatoms. The zero-order chi connectivity index (χ0) is 15.7. The number of aliphatic hydroxyl groups excluding tert-OH is 1. The lowest BCUT2D eigenvalue weighted by Gasteiger charge is -1.96. The molecule has 0 aliphatic heterocycles. The van der Waals surface area contributed by atoms with E-state index in [9.17, 15) is 4.79 Å². The largest absolute Gasteiger partial charge is 0.478 e. The molecule has 21 heavy (non-hydrogen) atoms. The molecule has 0 fully saturated rings. The highest BCUT2D eigenvalue weighted by atomic mass is 35.5. The molecule has 2 aromatic rings. The van der Waals surface area contributed by atoms with E-state index >= 15 is 0 Å². The summed E-state index contributed by atoms with van der Waals surface area (Å²) >= 11 is 11.1. The van der Waals surface area contributed by atoms with Gasteiger partial charge in [-0.3, -0.25) is 0 Å². The second kappa shape index (κ2) is 9.40. The second-order valence-electron chi connectivity index (χ2n) is 4.24. The number of hydrogen-bond donors (Lipinski definition) is 2. The van der Waals surface area contributed by atoms with E-state index in [0.29, 0.717) is 17.3 Å². The SMILES string of the molecule is O=C(O)c1ccc(CCl)cc1.OCc1ccc(CCl)cc1. The van der Waals surface area contributed by atoms with E-state index in [0.717, 1.165) is 16.7 Å². The molecule has 0 saturated carbocycles. The molecule has 0 aliphatic rings. The van der Waals surface area contributed by atoms with Crippen molar-refractivity contribution in [2.45, 2.75) is 18.4 Å². The lowest BCUT2D eigenvalue weighted by Crippen LogP contribution is -1.95. The smallest absolute Gasteiger partial charge is 0.335 e. The molecule has 0 aromatic heterocycles. The minimum absolute atomic E-state index is 0.0998. The van der Waals surface area contributed by atoms with Crippen molar-refractivity contribution in [3.63, 3.8) is 0 Å². The molecule has 2 rings (SSSR count). The van der Waals surface area contributed by atoms with E-state index in [-0.39, 0.29) is 6.61 Å². The molecule has 0 bridgehead atoms. The minimum Gasteiger partial charge on any atom is -0.478 e. The Kier molecular flexibility index (Phi) is 7.83. The number of hydrogen-bond acceptors (Lipinski definition) is 2. The van der Waals surface area contributed by atoms with Crippen LogP contribution in [-0.4, -0.2) is 16.2 Å². The monoisotopic (exact) mass is 326 g/mol. The average molecular weight is 327 g/mol. The second-order valence-corrected chi connectivity index (χ2v) is 4.78. The zero-order valence-corrected chi connectivity index (χ0v) is 12.8. The summed E-state index contributed by atoms with van der Waals surface area (Å²) in [4.78, 5) is 10.4. The number of alkyl halides is 2. The molecule has 3 nitrogen and oxygen atoms in total. The molecule has 0 spiro atoms. The van der Waals surface area contributed by atoms with Crippen LogP contribution >= 0.6 is 23.2 Å². The third kappa shape index (κ3) is 6.17. The van der Waals surface area contributed by atoms with Crippen LogP contribution in [0.4, 0.5) is 0 Å². The van der Waals surface area contributed by atoms with Crippen LogP contribution in [0.3, 0.4) is 0 Å². The van der Waals surface area contributed by atoms with Gasteiger partial charge in [0.1, 0.15) is 0 Å². The van der Waals surface area contributed by atoms with Crippen molar-refractivity contribution >= 4 is 29.2 Å². The first-order chi connectivity index (χ1) is 10.1. The zero-order valence-electron chi connectivity index (χ0n) is 11.3. The molecule has 0 saturated heterocycles. The third-order valence-corrected chi connectivity index (χ3v) is 3.33. The molecule has 0 atom stereocenters. The summed E-state index contributed by atoms with van der Waals surface area (Å²) in [6, 6.07) is 14.1. The first-order valence-corrected chi connectivity index (χ1v) is 7.30. The van der Waals surface area contributed by atoms with Gasteiger partial charge in [0.2, 0.25) is 0 Å². The number of rotatable bonds is 4. The fourth-order valence-electron chi connectivity index (χ4n) is 1.47. The summed E-state index contributed by atoms with van der Waals surface area (Å²) in [5.74, 6) is 0.0390. The van der Waals surface area contributed by atoms with Gasteiger partial charge in [0.25, 0.3) is 0 Å². The number of aliphatic hydroxyl groups is 1. The van der Waals surface area contributed by atoms with Crippen LogP contribution in [-0.2, 0) is 18.4 Å². The van der Waals surface area contributed by atoms with Crippen molar-refractivity contribution in [3.05, 3.63) is 70.8 Å². The standard InChI is InChI=1S/C8H7ClO2.C8H9ClO/c9-5-6-1-3-7(4-2-6)8(10)11;9-5-7-1-3-8(6-10)4-2-7/h1-4H,5H2,(H,10,11);1-4,10H,5-6H2.